The van der Waals surface area contributed by atoms with Gasteiger partial charge in [0.25, 0.3) is 0 Å². The number of halogens is 2. The Labute approximate surface area is 117 Å². The number of nitriles is 1. The highest BCUT2D eigenvalue weighted by atomic mass is 35.5. The Hall–Kier alpha value is -0.800. The van der Waals surface area contributed by atoms with E-state index in [-0.39, 0.29) is 20.9 Å². The third-order valence-corrected chi connectivity index (χ3v) is 4.09. The molecule has 0 fully saturated rings. The lowest BCUT2D eigenvalue weighted by atomic mass is 10.1. The molecule has 0 bridgehead atoms. The maximum atomic E-state index is 12.0. The van der Waals surface area contributed by atoms with E-state index in [1.54, 1.807) is 13.8 Å². The van der Waals surface area contributed by atoms with E-state index in [0.717, 1.165) is 0 Å². The fraction of sp³-hybridized carbons (Fsp3) is 0.364. The largest absolute Gasteiger partial charge is 0.241 e. The van der Waals surface area contributed by atoms with Crippen molar-refractivity contribution >= 4 is 33.2 Å². The summed E-state index contributed by atoms with van der Waals surface area (Å²) >= 11 is 11.5. The van der Waals surface area contributed by atoms with Crippen LogP contribution in [0.4, 0.5) is 0 Å². The van der Waals surface area contributed by atoms with Crippen molar-refractivity contribution in [3.05, 3.63) is 28.2 Å². The van der Waals surface area contributed by atoms with E-state index >= 15 is 0 Å². The summed E-state index contributed by atoms with van der Waals surface area (Å²) in [5.74, 6) is -0.139. The molecule has 0 saturated carbocycles. The van der Waals surface area contributed by atoms with Crippen LogP contribution in [-0.2, 0) is 10.0 Å². The first-order chi connectivity index (χ1) is 8.26. The van der Waals surface area contributed by atoms with Crippen molar-refractivity contribution in [2.24, 2.45) is 5.92 Å². The van der Waals surface area contributed by atoms with Crippen molar-refractivity contribution in [1.82, 2.24) is 4.72 Å². The molecule has 1 atom stereocenters. The van der Waals surface area contributed by atoms with Gasteiger partial charge >= 0.3 is 0 Å². The van der Waals surface area contributed by atoms with Gasteiger partial charge in [-0.1, -0.05) is 37.0 Å². The molecule has 0 radical (unpaired) electrons. The van der Waals surface area contributed by atoms with Gasteiger partial charge in [0.15, 0.2) is 0 Å². The second-order valence-electron chi connectivity index (χ2n) is 4.08. The molecule has 0 aliphatic heterocycles. The average Bonchev–Trinajstić information content (AvgIpc) is 2.24. The van der Waals surface area contributed by atoms with Gasteiger partial charge in [0.05, 0.1) is 11.0 Å². The molecule has 1 N–H and O–H groups in total. The molecule has 0 spiro atoms. The van der Waals surface area contributed by atoms with Gasteiger partial charge in [-0.25, -0.2) is 8.42 Å². The van der Waals surface area contributed by atoms with Crippen LogP contribution in [0.1, 0.15) is 13.8 Å². The minimum absolute atomic E-state index is 0.0547. The quantitative estimate of drug-likeness (QED) is 0.930. The molecule has 1 unspecified atom stereocenters. The van der Waals surface area contributed by atoms with Crippen molar-refractivity contribution in [2.45, 2.75) is 24.8 Å². The molecule has 98 valence electrons. The molecule has 0 heterocycles. The first-order valence-corrected chi connectivity index (χ1v) is 7.38. The highest BCUT2D eigenvalue weighted by Crippen LogP contribution is 2.22. The Kier molecular flexibility index (Phi) is 5.00. The van der Waals surface area contributed by atoms with Gasteiger partial charge in [-0.3, -0.25) is 0 Å². The number of hydrogen-bond acceptors (Lipinski definition) is 3. The van der Waals surface area contributed by atoms with Crippen LogP contribution in [0, 0.1) is 17.2 Å². The summed E-state index contributed by atoms with van der Waals surface area (Å²) in [7, 11) is -3.80. The van der Waals surface area contributed by atoms with E-state index < -0.39 is 16.1 Å². The summed E-state index contributed by atoms with van der Waals surface area (Å²) in [5, 5.41) is 9.33. The molecule has 0 aliphatic rings. The van der Waals surface area contributed by atoms with Crippen LogP contribution in [0.15, 0.2) is 23.1 Å². The highest BCUT2D eigenvalue weighted by molar-refractivity contribution is 7.89. The fourth-order valence-corrected chi connectivity index (χ4v) is 3.25. The summed E-state index contributed by atoms with van der Waals surface area (Å²) in [6, 6.07) is 5.10. The van der Waals surface area contributed by atoms with Crippen molar-refractivity contribution in [2.75, 3.05) is 0 Å². The van der Waals surface area contributed by atoms with E-state index in [2.05, 4.69) is 4.72 Å². The van der Waals surface area contributed by atoms with Crippen LogP contribution in [0.25, 0.3) is 0 Å². The van der Waals surface area contributed by atoms with Gasteiger partial charge in [0.2, 0.25) is 10.0 Å². The minimum atomic E-state index is -3.80. The van der Waals surface area contributed by atoms with E-state index in [1.807, 2.05) is 6.07 Å². The molecule has 4 nitrogen and oxygen atoms in total. The van der Waals surface area contributed by atoms with Crippen LogP contribution in [0.5, 0.6) is 0 Å². The van der Waals surface area contributed by atoms with E-state index in [0.29, 0.717) is 0 Å². The zero-order valence-electron chi connectivity index (χ0n) is 9.81. The molecule has 1 aromatic rings. The fourth-order valence-electron chi connectivity index (χ4n) is 1.23. The lowest BCUT2D eigenvalue weighted by molar-refractivity contribution is 0.515. The first-order valence-electron chi connectivity index (χ1n) is 5.14. The average molecular weight is 307 g/mol. The molecule has 0 saturated heterocycles. The van der Waals surface area contributed by atoms with Gasteiger partial charge in [-0.15, -0.1) is 0 Å². The maximum absolute atomic E-state index is 12.0. The lowest BCUT2D eigenvalue weighted by Gasteiger charge is -2.15. The second-order valence-corrected chi connectivity index (χ2v) is 6.66. The van der Waals surface area contributed by atoms with Crippen LogP contribution in [-0.4, -0.2) is 14.5 Å². The van der Waals surface area contributed by atoms with Crippen LogP contribution in [0.2, 0.25) is 10.0 Å². The summed E-state index contributed by atoms with van der Waals surface area (Å²) in [6.07, 6.45) is 0. The van der Waals surface area contributed by atoms with Crippen LogP contribution < -0.4 is 4.72 Å². The lowest BCUT2D eigenvalue weighted by Crippen LogP contribution is -2.37. The van der Waals surface area contributed by atoms with Gasteiger partial charge in [0.1, 0.15) is 6.04 Å². The van der Waals surface area contributed by atoms with Crippen molar-refractivity contribution in [3.63, 3.8) is 0 Å². The van der Waals surface area contributed by atoms with Gasteiger partial charge in [-0.2, -0.15) is 9.98 Å². The summed E-state index contributed by atoms with van der Waals surface area (Å²) < 4.78 is 26.4. The number of sulfonamides is 1. The molecular formula is C11H12Cl2N2O2S. The Morgan fingerprint density at radius 1 is 1.22 bits per heavy atom. The number of benzene rings is 1. The van der Waals surface area contributed by atoms with Gasteiger partial charge in [0, 0.05) is 10.0 Å². The van der Waals surface area contributed by atoms with E-state index in [1.165, 1.54) is 18.2 Å². The molecule has 0 aromatic heterocycles. The monoisotopic (exact) mass is 306 g/mol. The summed E-state index contributed by atoms with van der Waals surface area (Å²) in [5.41, 5.74) is 0. The Morgan fingerprint density at radius 3 is 2.11 bits per heavy atom. The molecule has 0 aliphatic carbocycles. The van der Waals surface area contributed by atoms with Crippen LogP contribution in [0.3, 0.4) is 0 Å². The zero-order valence-corrected chi connectivity index (χ0v) is 12.1. The number of nitrogens with zero attached hydrogens (tertiary/aromatic N) is 1. The number of rotatable bonds is 4. The molecular weight excluding hydrogens is 295 g/mol. The number of nitrogens with one attached hydrogen (secondary N) is 1. The molecule has 1 aromatic carbocycles. The van der Waals surface area contributed by atoms with E-state index in [9.17, 15) is 8.42 Å². The summed E-state index contributed by atoms with van der Waals surface area (Å²) in [6.45, 7) is 3.50. The van der Waals surface area contributed by atoms with Crippen LogP contribution >= 0.6 is 23.2 Å². The zero-order chi connectivity index (χ0) is 13.9. The maximum Gasteiger partial charge on any atom is 0.241 e. The summed E-state index contributed by atoms with van der Waals surface area (Å²) in [4.78, 5) is -0.0547. The van der Waals surface area contributed by atoms with Crippen molar-refractivity contribution < 1.29 is 8.42 Å². The SMILES string of the molecule is CC(C)C(C#N)NS(=O)(=O)c1cc(Cl)cc(Cl)c1. The van der Waals surface area contributed by atoms with Crippen molar-refractivity contribution in [3.8, 4) is 6.07 Å². The standard InChI is InChI=1S/C11H12Cl2N2O2S/c1-7(2)11(6-14)15-18(16,17)10-4-8(12)3-9(13)5-10/h3-5,7,11,15H,1-2H3. The normalized spacial score (nSPS) is 13.3. The topological polar surface area (TPSA) is 70.0 Å². The molecule has 1 rings (SSSR count). The predicted octanol–water partition coefficient (Wildman–Crippen LogP) is 2.82. The highest BCUT2D eigenvalue weighted by Gasteiger charge is 2.22. The molecule has 0 amide bonds. The Bertz CT molecular complexity index is 559. The van der Waals surface area contributed by atoms with Crippen molar-refractivity contribution in [1.29, 1.82) is 5.26 Å². The third-order valence-electron chi connectivity index (χ3n) is 2.23. The first kappa shape index (κ1) is 15.3. The number of hydrogen-bond donors (Lipinski definition) is 1. The Balaban J connectivity index is 3.11. The van der Waals surface area contributed by atoms with Gasteiger partial charge < -0.3 is 0 Å². The second kappa shape index (κ2) is 5.89. The molecule has 7 heteroatoms. The predicted molar refractivity (Wildman–Crippen MR) is 71.0 cm³/mol. The van der Waals surface area contributed by atoms with E-state index in [4.69, 9.17) is 28.5 Å². The smallest absolute Gasteiger partial charge is 0.207 e. The molecule has 18 heavy (non-hydrogen) atoms. The minimum Gasteiger partial charge on any atom is -0.207 e. The third kappa shape index (κ3) is 3.85. The van der Waals surface area contributed by atoms with Gasteiger partial charge in [-0.05, 0) is 24.1 Å². The Morgan fingerprint density at radius 2 is 1.72 bits per heavy atom.